The number of nitrogens with zero attached hydrogens (tertiary/aromatic N) is 2. The standard InChI is InChI=1S/C9H12FN3/c10-7-5-12-9(11)13-8(7)6-3-1-2-4-6/h5-6H,1-4H2,(H2,11,12,13). The molecule has 1 saturated carbocycles. The Morgan fingerprint density at radius 3 is 2.77 bits per heavy atom. The molecule has 1 aromatic heterocycles. The summed E-state index contributed by atoms with van der Waals surface area (Å²) in [5, 5.41) is 0. The quantitative estimate of drug-likeness (QED) is 0.719. The van der Waals surface area contributed by atoms with E-state index in [0.717, 1.165) is 31.9 Å². The van der Waals surface area contributed by atoms with Gasteiger partial charge in [0.2, 0.25) is 5.95 Å². The van der Waals surface area contributed by atoms with Crippen LogP contribution in [0.25, 0.3) is 0 Å². The zero-order valence-electron chi connectivity index (χ0n) is 7.33. The minimum Gasteiger partial charge on any atom is -0.368 e. The highest BCUT2D eigenvalue weighted by Crippen LogP contribution is 2.34. The van der Waals surface area contributed by atoms with Gasteiger partial charge in [-0.2, -0.15) is 0 Å². The summed E-state index contributed by atoms with van der Waals surface area (Å²) in [5.74, 6) is 0.106. The highest BCUT2D eigenvalue weighted by Gasteiger charge is 2.21. The highest BCUT2D eigenvalue weighted by molar-refractivity contribution is 5.21. The molecule has 2 rings (SSSR count). The van der Waals surface area contributed by atoms with Crippen LogP contribution in [0.2, 0.25) is 0 Å². The monoisotopic (exact) mass is 181 g/mol. The van der Waals surface area contributed by atoms with Gasteiger partial charge in [0.05, 0.1) is 11.9 Å². The van der Waals surface area contributed by atoms with Crippen molar-refractivity contribution in [3.8, 4) is 0 Å². The van der Waals surface area contributed by atoms with Crippen LogP contribution < -0.4 is 5.73 Å². The molecule has 0 atom stereocenters. The van der Waals surface area contributed by atoms with Crippen LogP contribution in [0.5, 0.6) is 0 Å². The van der Waals surface area contributed by atoms with E-state index >= 15 is 0 Å². The maximum Gasteiger partial charge on any atom is 0.220 e. The van der Waals surface area contributed by atoms with Crippen LogP contribution in [0.4, 0.5) is 10.3 Å². The van der Waals surface area contributed by atoms with Crippen LogP contribution in [-0.2, 0) is 0 Å². The zero-order chi connectivity index (χ0) is 9.26. The molecule has 70 valence electrons. The molecular formula is C9H12FN3. The fourth-order valence-corrected chi connectivity index (χ4v) is 1.88. The average molecular weight is 181 g/mol. The van der Waals surface area contributed by atoms with Crippen LogP contribution in [0.1, 0.15) is 37.3 Å². The minimum absolute atomic E-state index is 0.170. The van der Waals surface area contributed by atoms with Gasteiger partial charge in [-0.05, 0) is 12.8 Å². The lowest BCUT2D eigenvalue weighted by molar-refractivity contribution is 0.558. The van der Waals surface area contributed by atoms with E-state index in [-0.39, 0.29) is 17.7 Å². The number of nitrogen functional groups attached to an aromatic ring is 1. The topological polar surface area (TPSA) is 51.8 Å². The average Bonchev–Trinajstić information content (AvgIpc) is 2.61. The van der Waals surface area contributed by atoms with Gasteiger partial charge in [0.1, 0.15) is 0 Å². The zero-order valence-corrected chi connectivity index (χ0v) is 7.33. The third-order valence-electron chi connectivity index (χ3n) is 2.53. The highest BCUT2D eigenvalue weighted by atomic mass is 19.1. The SMILES string of the molecule is Nc1ncc(F)c(C2CCCC2)n1. The largest absolute Gasteiger partial charge is 0.368 e. The molecule has 0 spiro atoms. The molecule has 0 amide bonds. The predicted octanol–water partition coefficient (Wildman–Crippen LogP) is 1.86. The van der Waals surface area contributed by atoms with Gasteiger partial charge in [0.15, 0.2) is 5.82 Å². The maximum absolute atomic E-state index is 13.2. The lowest BCUT2D eigenvalue weighted by atomic mass is 10.0. The number of halogens is 1. The van der Waals surface area contributed by atoms with Crippen molar-refractivity contribution in [1.29, 1.82) is 0 Å². The Hall–Kier alpha value is -1.19. The second kappa shape index (κ2) is 3.28. The van der Waals surface area contributed by atoms with Gasteiger partial charge in [0, 0.05) is 5.92 Å². The van der Waals surface area contributed by atoms with Gasteiger partial charge in [-0.25, -0.2) is 14.4 Å². The minimum atomic E-state index is -0.318. The van der Waals surface area contributed by atoms with E-state index in [2.05, 4.69) is 9.97 Å². The Balaban J connectivity index is 2.32. The van der Waals surface area contributed by atoms with Crippen molar-refractivity contribution in [2.45, 2.75) is 31.6 Å². The fraction of sp³-hybridized carbons (Fsp3) is 0.556. The fourth-order valence-electron chi connectivity index (χ4n) is 1.88. The number of rotatable bonds is 1. The van der Waals surface area contributed by atoms with Gasteiger partial charge in [-0.15, -0.1) is 0 Å². The molecule has 0 bridgehead atoms. The number of hydrogen-bond donors (Lipinski definition) is 1. The Bertz CT molecular complexity index is 308. The molecule has 4 heteroatoms. The lowest BCUT2D eigenvalue weighted by Gasteiger charge is -2.08. The van der Waals surface area contributed by atoms with Crippen LogP contribution in [-0.4, -0.2) is 9.97 Å². The lowest BCUT2D eigenvalue weighted by Crippen LogP contribution is -2.05. The normalized spacial score (nSPS) is 17.9. The molecule has 0 saturated heterocycles. The van der Waals surface area contributed by atoms with Crippen LogP contribution in [0.3, 0.4) is 0 Å². The van der Waals surface area contributed by atoms with E-state index in [4.69, 9.17) is 5.73 Å². The van der Waals surface area contributed by atoms with Gasteiger partial charge < -0.3 is 5.73 Å². The molecule has 0 aromatic carbocycles. The van der Waals surface area contributed by atoms with Crippen molar-refractivity contribution in [1.82, 2.24) is 9.97 Å². The van der Waals surface area contributed by atoms with E-state index < -0.39 is 0 Å². The summed E-state index contributed by atoms with van der Waals surface area (Å²) in [4.78, 5) is 7.55. The number of nitrogens with two attached hydrogens (primary N) is 1. The summed E-state index contributed by atoms with van der Waals surface area (Å²) in [7, 11) is 0. The first kappa shape index (κ1) is 8.41. The Morgan fingerprint density at radius 1 is 1.38 bits per heavy atom. The molecule has 3 nitrogen and oxygen atoms in total. The summed E-state index contributed by atoms with van der Waals surface area (Å²) < 4.78 is 13.2. The van der Waals surface area contributed by atoms with Gasteiger partial charge >= 0.3 is 0 Å². The predicted molar refractivity (Wildman–Crippen MR) is 47.6 cm³/mol. The molecule has 1 aromatic rings. The molecule has 13 heavy (non-hydrogen) atoms. The van der Waals surface area contributed by atoms with E-state index in [1.807, 2.05) is 0 Å². The second-order valence-electron chi connectivity index (χ2n) is 3.44. The van der Waals surface area contributed by atoms with E-state index in [0.29, 0.717) is 5.69 Å². The van der Waals surface area contributed by atoms with E-state index in [1.165, 1.54) is 0 Å². The van der Waals surface area contributed by atoms with Crippen molar-refractivity contribution in [3.63, 3.8) is 0 Å². The molecule has 1 aliphatic carbocycles. The van der Waals surface area contributed by atoms with Crippen LogP contribution in [0, 0.1) is 5.82 Å². The second-order valence-corrected chi connectivity index (χ2v) is 3.44. The van der Waals surface area contributed by atoms with E-state index in [9.17, 15) is 4.39 Å². The summed E-state index contributed by atoms with van der Waals surface area (Å²) >= 11 is 0. The molecule has 0 radical (unpaired) electrons. The summed E-state index contributed by atoms with van der Waals surface area (Å²) in [5.41, 5.74) is 5.91. The molecule has 1 heterocycles. The number of hydrogen-bond acceptors (Lipinski definition) is 3. The maximum atomic E-state index is 13.2. The van der Waals surface area contributed by atoms with Crippen molar-refractivity contribution in [3.05, 3.63) is 17.7 Å². The summed E-state index contributed by atoms with van der Waals surface area (Å²) in [6.07, 6.45) is 5.53. The molecule has 1 fully saturated rings. The van der Waals surface area contributed by atoms with Crippen LogP contribution >= 0.6 is 0 Å². The summed E-state index contributed by atoms with van der Waals surface area (Å²) in [6.45, 7) is 0. The molecule has 0 unspecified atom stereocenters. The Morgan fingerprint density at radius 2 is 2.08 bits per heavy atom. The van der Waals surface area contributed by atoms with Crippen molar-refractivity contribution in [2.75, 3.05) is 5.73 Å². The number of anilines is 1. The Labute approximate surface area is 76.2 Å². The molecule has 0 aliphatic heterocycles. The van der Waals surface area contributed by atoms with Gasteiger partial charge in [0.25, 0.3) is 0 Å². The first-order valence-corrected chi connectivity index (χ1v) is 4.55. The van der Waals surface area contributed by atoms with Crippen molar-refractivity contribution >= 4 is 5.95 Å². The third kappa shape index (κ3) is 1.61. The summed E-state index contributed by atoms with van der Waals surface area (Å²) in [6, 6.07) is 0. The third-order valence-corrected chi connectivity index (χ3v) is 2.53. The van der Waals surface area contributed by atoms with Crippen molar-refractivity contribution in [2.24, 2.45) is 0 Å². The Kier molecular flexibility index (Phi) is 2.12. The first-order valence-electron chi connectivity index (χ1n) is 4.55. The van der Waals surface area contributed by atoms with Gasteiger partial charge in [-0.3, -0.25) is 0 Å². The van der Waals surface area contributed by atoms with Crippen molar-refractivity contribution < 1.29 is 4.39 Å². The number of aromatic nitrogens is 2. The van der Waals surface area contributed by atoms with Crippen LogP contribution in [0.15, 0.2) is 6.20 Å². The molecule has 2 N–H and O–H groups in total. The van der Waals surface area contributed by atoms with E-state index in [1.54, 1.807) is 0 Å². The first-order chi connectivity index (χ1) is 6.27. The van der Waals surface area contributed by atoms with Gasteiger partial charge in [-0.1, -0.05) is 12.8 Å². The molecule has 1 aliphatic rings. The molecular weight excluding hydrogens is 169 g/mol. The smallest absolute Gasteiger partial charge is 0.220 e.